The van der Waals surface area contributed by atoms with E-state index in [0.29, 0.717) is 23.0 Å². The number of hydrogen-bond donors (Lipinski definition) is 1. The molecule has 0 saturated carbocycles. The lowest BCUT2D eigenvalue weighted by Crippen LogP contribution is -2.28. The van der Waals surface area contributed by atoms with Crippen LogP contribution in [0.15, 0.2) is 47.3 Å². The summed E-state index contributed by atoms with van der Waals surface area (Å²) in [5, 5.41) is 3.50. The van der Waals surface area contributed by atoms with Gasteiger partial charge in [-0.2, -0.15) is 0 Å². The number of fused-ring (bicyclic) bond motifs is 2. The summed E-state index contributed by atoms with van der Waals surface area (Å²) in [5.41, 5.74) is 3.37. The number of carbonyl (C=O) groups excluding carboxylic acids is 1. The summed E-state index contributed by atoms with van der Waals surface area (Å²) in [4.78, 5) is 29.7. The molecule has 0 atom stereocenters. The molecule has 132 valence electrons. The van der Waals surface area contributed by atoms with Crippen molar-refractivity contribution in [1.82, 2.24) is 14.9 Å². The molecule has 1 aliphatic heterocycles. The standard InChI is InChI=1S/C21H21N3O2/c1-14-5-7-15(8-6-14)13-22-20(25)16-9-10-17-18(12-16)23-19-4-2-3-11-24(19)21(17)26/h5-10,12H,2-4,11,13H2,1H3,(H,22,25). The van der Waals surface area contributed by atoms with Gasteiger partial charge in [-0.15, -0.1) is 0 Å². The van der Waals surface area contributed by atoms with Gasteiger partial charge >= 0.3 is 0 Å². The fourth-order valence-electron chi connectivity index (χ4n) is 3.37. The van der Waals surface area contributed by atoms with Gasteiger partial charge in [0.25, 0.3) is 11.5 Å². The molecule has 1 amide bonds. The van der Waals surface area contributed by atoms with Crippen molar-refractivity contribution >= 4 is 16.8 Å². The van der Waals surface area contributed by atoms with E-state index in [-0.39, 0.29) is 11.5 Å². The van der Waals surface area contributed by atoms with E-state index in [9.17, 15) is 9.59 Å². The number of amides is 1. The van der Waals surface area contributed by atoms with Gasteiger partial charge in [0, 0.05) is 25.1 Å². The Bertz CT molecular complexity index is 1040. The van der Waals surface area contributed by atoms with Crippen molar-refractivity contribution < 1.29 is 4.79 Å². The molecule has 0 radical (unpaired) electrons. The average molecular weight is 347 g/mol. The summed E-state index contributed by atoms with van der Waals surface area (Å²) >= 11 is 0. The van der Waals surface area contributed by atoms with Crippen molar-refractivity contribution in [1.29, 1.82) is 0 Å². The molecule has 2 aromatic carbocycles. The second-order valence-corrected chi connectivity index (χ2v) is 6.84. The summed E-state index contributed by atoms with van der Waals surface area (Å²) < 4.78 is 1.77. The van der Waals surface area contributed by atoms with E-state index >= 15 is 0 Å². The zero-order valence-corrected chi connectivity index (χ0v) is 14.8. The highest BCUT2D eigenvalue weighted by Gasteiger charge is 2.16. The summed E-state index contributed by atoms with van der Waals surface area (Å²) in [7, 11) is 0. The predicted molar refractivity (Wildman–Crippen MR) is 101 cm³/mol. The first-order chi connectivity index (χ1) is 12.6. The van der Waals surface area contributed by atoms with E-state index < -0.39 is 0 Å². The van der Waals surface area contributed by atoms with Crippen molar-refractivity contribution in [2.45, 2.75) is 39.3 Å². The number of rotatable bonds is 3. The monoisotopic (exact) mass is 347 g/mol. The fraction of sp³-hybridized carbons (Fsp3) is 0.286. The molecule has 3 aromatic rings. The van der Waals surface area contributed by atoms with Crippen molar-refractivity contribution in [3.63, 3.8) is 0 Å². The molecule has 0 fully saturated rings. The highest BCUT2D eigenvalue weighted by Crippen LogP contribution is 2.16. The van der Waals surface area contributed by atoms with Gasteiger partial charge < -0.3 is 5.32 Å². The molecule has 0 saturated heterocycles. The van der Waals surface area contributed by atoms with Gasteiger partial charge in [0.05, 0.1) is 10.9 Å². The minimum Gasteiger partial charge on any atom is -0.348 e. The van der Waals surface area contributed by atoms with Crippen LogP contribution < -0.4 is 10.9 Å². The van der Waals surface area contributed by atoms with Crippen LogP contribution in [0, 0.1) is 6.92 Å². The Hall–Kier alpha value is -2.95. The van der Waals surface area contributed by atoms with Crippen molar-refractivity contribution in [3.8, 4) is 0 Å². The summed E-state index contributed by atoms with van der Waals surface area (Å²) in [6.45, 7) is 3.24. The van der Waals surface area contributed by atoms with E-state index in [4.69, 9.17) is 0 Å². The molecule has 0 bridgehead atoms. The molecule has 0 aliphatic carbocycles. The van der Waals surface area contributed by atoms with E-state index in [2.05, 4.69) is 10.3 Å². The second kappa shape index (κ2) is 6.75. The van der Waals surface area contributed by atoms with Crippen molar-refractivity contribution in [3.05, 3.63) is 75.3 Å². The molecule has 0 unspecified atom stereocenters. The first-order valence-corrected chi connectivity index (χ1v) is 8.99. The molecular formula is C21H21N3O2. The van der Waals surface area contributed by atoms with Gasteiger partial charge in [0.1, 0.15) is 5.82 Å². The molecule has 4 rings (SSSR count). The van der Waals surface area contributed by atoms with Gasteiger partial charge in [0.15, 0.2) is 0 Å². The van der Waals surface area contributed by atoms with Crippen LogP contribution in [0.25, 0.3) is 10.9 Å². The Kier molecular flexibility index (Phi) is 4.29. The van der Waals surface area contributed by atoms with Gasteiger partial charge in [-0.1, -0.05) is 29.8 Å². The maximum atomic E-state index is 12.6. The SMILES string of the molecule is Cc1ccc(CNC(=O)c2ccc3c(=O)n4c(nc3c2)CCCC4)cc1. The van der Waals surface area contributed by atoms with Crippen LogP contribution >= 0.6 is 0 Å². The number of aryl methyl sites for hydroxylation is 2. The zero-order chi connectivity index (χ0) is 18.1. The minimum atomic E-state index is -0.160. The fourth-order valence-corrected chi connectivity index (χ4v) is 3.37. The van der Waals surface area contributed by atoms with Gasteiger partial charge in [-0.05, 0) is 43.5 Å². The smallest absolute Gasteiger partial charge is 0.261 e. The van der Waals surface area contributed by atoms with Crippen LogP contribution in [0.5, 0.6) is 0 Å². The largest absolute Gasteiger partial charge is 0.348 e. The summed E-state index contributed by atoms with van der Waals surface area (Å²) in [6.07, 6.45) is 2.88. The van der Waals surface area contributed by atoms with Crippen molar-refractivity contribution in [2.24, 2.45) is 0 Å². The molecule has 5 nitrogen and oxygen atoms in total. The molecule has 1 N–H and O–H groups in total. The van der Waals surface area contributed by atoms with E-state index in [1.54, 1.807) is 22.8 Å². The Morgan fingerprint density at radius 1 is 1.15 bits per heavy atom. The van der Waals surface area contributed by atoms with Gasteiger partial charge in [0.2, 0.25) is 0 Å². The summed E-state index contributed by atoms with van der Waals surface area (Å²) in [5.74, 6) is 0.665. The Morgan fingerprint density at radius 3 is 2.77 bits per heavy atom. The average Bonchev–Trinajstić information content (AvgIpc) is 2.67. The molecular weight excluding hydrogens is 326 g/mol. The Morgan fingerprint density at radius 2 is 1.96 bits per heavy atom. The highest BCUT2D eigenvalue weighted by molar-refractivity contribution is 5.97. The maximum Gasteiger partial charge on any atom is 0.261 e. The first-order valence-electron chi connectivity index (χ1n) is 8.99. The first kappa shape index (κ1) is 16.5. The molecule has 1 aromatic heterocycles. The molecule has 2 heterocycles. The lowest BCUT2D eigenvalue weighted by atomic mass is 10.1. The number of aromatic nitrogens is 2. The van der Waals surface area contributed by atoms with Gasteiger partial charge in [-0.3, -0.25) is 14.2 Å². The number of hydrogen-bond acceptors (Lipinski definition) is 3. The second-order valence-electron chi connectivity index (χ2n) is 6.84. The predicted octanol–water partition coefficient (Wildman–Crippen LogP) is 2.97. The van der Waals surface area contributed by atoms with Crippen LogP contribution in [-0.2, 0) is 19.5 Å². The quantitative estimate of drug-likeness (QED) is 0.792. The van der Waals surface area contributed by atoms with Crippen LogP contribution in [0.1, 0.15) is 40.2 Å². The lowest BCUT2D eigenvalue weighted by molar-refractivity contribution is 0.0951. The zero-order valence-electron chi connectivity index (χ0n) is 14.8. The van der Waals surface area contributed by atoms with Crippen LogP contribution in [0.2, 0.25) is 0 Å². The third kappa shape index (κ3) is 3.12. The molecule has 5 heteroatoms. The highest BCUT2D eigenvalue weighted by atomic mass is 16.1. The van der Waals surface area contributed by atoms with Crippen LogP contribution in [-0.4, -0.2) is 15.5 Å². The topological polar surface area (TPSA) is 64.0 Å². The van der Waals surface area contributed by atoms with Crippen molar-refractivity contribution in [2.75, 3.05) is 0 Å². The van der Waals surface area contributed by atoms with Gasteiger partial charge in [-0.25, -0.2) is 4.98 Å². The van der Waals surface area contributed by atoms with E-state index in [0.717, 1.165) is 37.2 Å². The minimum absolute atomic E-state index is 0.00341. The number of nitrogens with one attached hydrogen (secondary N) is 1. The Balaban J connectivity index is 1.59. The number of benzene rings is 2. The van der Waals surface area contributed by atoms with E-state index in [1.807, 2.05) is 31.2 Å². The molecule has 26 heavy (non-hydrogen) atoms. The maximum absolute atomic E-state index is 12.6. The molecule has 0 spiro atoms. The van der Waals surface area contributed by atoms with E-state index in [1.165, 1.54) is 5.56 Å². The Labute approximate surface area is 151 Å². The molecule has 1 aliphatic rings. The number of nitrogens with zero attached hydrogens (tertiary/aromatic N) is 2. The third-order valence-electron chi connectivity index (χ3n) is 4.90. The number of carbonyl (C=O) groups is 1. The van der Waals surface area contributed by atoms with Crippen LogP contribution in [0.3, 0.4) is 0 Å². The normalized spacial score (nSPS) is 13.4. The van der Waals surface area contributed by atoms with Crippen LogP contribution in [0.4, 0.5) is 0 Å². The summed E-state index contributed by atoms with van der Waals surface area (Å²) in [6, 6.07) is 13.2. The third-order valence-corrected chi connectivity index (χ3v) is 4.90. The lowest BCUT2D eigenvalue weighted by Gasteiger charge is -2.17.